The van der Waals surface area contributed by atoms with E-state index in [1.807, 2.05) is 0 Å². The van der Waals surface area contributed by atoms with Crippen LogP contribution >= 0.6 is 11.8 Å². The molecule has 24 heavy (non-hydrogen) atoms. The summed E-state index contributed by atoms with van der Waals surface area (Å²) < 4.78 is 14.1. The predicted molar refractivity (Wildman–Crippen MR) is 85.2 cm³/mol. The number of carboxylic acid groups (broad SMARTS) is 1. The highest BCUT2D eigenvalue weighted by molar-refractivity contribution is 8.00. The Bertz CT molecular complexity index is 672. The Morgan fingerprint density at radius 1 is 1.50 bits per heavy atom. The Morgan fingerprint density at radius 3 is 3.00 bits per heavy atom. The molecule has 1 amide bonds. The summed E-state index contributed by atoms with van der Waals surface area (Å²) in [6, 6.07) is 1.04. The van der Waals surface area contributed by atoms with Gasteiger partial charge in [-0.3, -0.25) is 9.59 Å². The molecule has 1 aromatic heterocycles. The van der Waals surface area contributed by atoms with Gasteiger partial charge in [-0.25, -0.2) is 9.37 Å². The second-order valence-corrected chi connectivity index (χ2v) is 7.02. The Kier molecular flexibility index (Phi) is 5.02. The zero-order valence-electron chi connectivity index (χ0n) is 12.8. The number of amides is 1. The summed E-state index contributed by atoms with van der Waals surface area (Å²) in [4.78, 5) is 27.1. The monoisotopic (exact) mass is 355 g/mol. The number of pyridine rings is 1. The molecular formula is C15H18FN3O4S. The summed E-state index contributed by atoms with van der Waals surface area (Å²) in [5, 5.41) is 24.7. The maximum atomic E-state index is 14.1. The highest BCUT2D eigenvalue weighted by Crippen LogP contribution is 2.31. The standard InChI is InChI=1S/C15H18FN3O4S/c16-8-4-12-14(19-13(21)6-24-12)18-10(8)5-17-9-2-1-7(15(22)23)3-11(9)20/h4,7,9,11,17,20H,1-3,5-6H2,(H,22,23)(H,18,19,21)/t7-,9-,11-/m1/s1. The Hall–Kier alpha value is -1.71. The molecule has 1 fully saturated rings. The van der Waals surface area contributed by atoms with E-state index in [0.717, 1.165) is 0 Å². The van der Waals surface area contributed by atoms with Gasteiger partial charge in [-0.15, -0.1) is 11.8 Å². The van der Waals surface area contributed by atoms with E-state index in [1.54, 1.807) is 0 Å². The number of aromatic nitrogens is 1. The van der Waals surface area contributed by atoms with E-state index >= 15 is 0 Å². The molecule has 0 aromatic carbocycles. The average Bonchev–Trinajstić information content (AvgIpc) is 2.54. The molecule has 9 heteroatoms. The summed E-state index contributed by atoms with van der Waals surface area (Å²) in [6.07, 6.45) is 0.351. The molecule has 2 heterocycles. The molecule has 1 aliphatic carbocycles. The van der Waals surface area contributed by atoms with Gasteiger partial charge in [-0.2, -0.15) is 0 Å². The van der Waals surface area contributed by atoms with Crippen molar-refractivity contribution in [2.24, 2.45) is 5.92 Å². The zero-order valence-corrected chi connectivity index (χ0v) is 13.6. The van der Waals surface area contributed by atoms with Crippen LogP contribution in [-0.2, 0) is 16.1 Å². The third-order valence-corrected chi connectivity index (χ3v) is 5.36. The molecule has 3 rings (SSSR count). The van der Waals surface area contributed by atoms with Crippen molar-refractivity contribution in [3.63, 3.8) is 0 Å². The first-order valence-corrected chi connectivity index (χ1v) is 8.69. The minimum absolute atomic E-state index is 0.0963. The maximum Gasteiger partial charge on any atom is 0.306 e. The van der Waals surface area contributed by atoms with Crippen LogP contribution < -0.4 is 10.6 Å². The largest absolute Gasteiger partial charge is 0.481 e. The number of nitrogens with zero attached hydrogens (tertiary/aromatic N) is 1. The first kappa shape index (κ1) is 17.1. The van der Waals surface area contributed by atoms with Crippen LogP contribution in [0, 0.1) is 11.7 Å². The van der Waals surface area contributed by atoms with Crippen molar-refractivity contribution in [3.8, 4) is 0 Å². The molecule has 1 saturated carbocycles. The van der Waals surface area contributed by atoms with E-state index in [0.29, 0.717) is 23.6 Å². The quantitative estimate of drug-likeness (QED) is 0.637. The van der Waals surface area contributed by atoms with Crippen LogP contribution in [0.3, 0.4) is 0 Å². The third-order valence-electron chi connectivity index (χ3n) is 4.33. The molecule has 2 aliphatic rings. The molecule has 3 atom stereocenters. The Balaban J connectivity index is 1.64. The number of thioether (sulfide) groups is 1. The van der Waals surface area contributed by atoms with E-state index < -0.39 is 23.8 Å². The number of hydrogen-bond donors (Lipinski definition) is 4. The normalized spacial score (nSPS) is 26.6. The van der Waals surface area contributed by atoms with Crippen LogP contribution in [0.4, 0.5) is 10.2 Å². The summed E-state index contributed by atoms with van der Waals surface area (Å²) in [5.41, 5.74) is 0.157. The first-order chi connectivity index (χ1) is 11.4. The van der Waals surface area contributed by atoms with Crippen molar-refractivity contribution >= 4 is 29.5 Å². The second-order valence-electron chi connectivity index (χ2n) is 6.00. The number of anilines is 1. The molecule has 0 spiro atoms. The molecule has 130 valence electrons. The number of halogens is 1. The van der Waals surface area contributed by atoms with Crippen molar-refractivity contribution in [1.29, 1.82) is 0 Å². The number of rotatable bonds is 4. The molecule has 1 aromatic rings. The number of fused-ring (bicyclic) bond motifs is 1. The fourth-order valence-corrected chi connectivity index (χ4v) is 3.76. The van der Waals surface area contributed by atoms with Crippen LogP contribution in [0.2, 0.25) is 0 Å². The number of hydrogen-bond acceptors (Lipinski definition) is 6. The lowest BCUT2D eigenvalue weighted by molar-refractivity contribution is -0.144. The van der Waals surface area contributed by atoms with Crippen LogP contribution in [0.5, 0.6) is 0 Å². The van der Waals surface area contributed by atoms with Crippen LogP contribution in [0.15, 0.2) is 11.0 Å². The van der Waals surface area contributed by atoms with E-state index in [2.05, 4.69) is 15.6 Å². The van der Waals surface area contributed by atoms with Gasteiger partial charge in [0.1, 0.15) is 11.6 Å². The topological polar surface area (TPSA) is 112 Å². The van der Waals surface area contributed by atoms with Crippen LogP contribution in [0.1, 0.15) is 25.0 Å². The highest BCUT2D eigenvalue weighted by atomic mass is 32.2. The van der Waals surface area contributed by atoms with Crippen molar-refractivity contribution in [3.05, 3.63) is 17.6 Å². The summed E-state index contributed by atoms with van der Waals surface area (Å²) in [6.45, 7) is 0.0963. The Labute approximate surface area is 142 Å². The van der Waals surface area contributed by atoms with E-state index in [1.165, 1.54) is 17.8 Å². The lowest BCUT2D eigenvalue weighted by Crippen LogP contribution is -2.45. The fourth-order valence-electron chi connectivity index (χ4n) is 2.98. The van der Waals surface area contributed by atoms with Gasteiger partial charge in [-0.1, -0.05) is 0 Å². The molecule has 7 nitrogen and oxygen atoms in total. The third kappa shape index (κ3) is 3.68. The summed E-state index contributed by atoms with van der Waals surface area (Å²) in [5.74, 6) is -1.49. The van der Waals surface area contributed by atoms with E-state index in [4.69, 9.17) is 5.11 Å². The van der Waals surface area contributed by atoms with E-state index in [9.17, 15) is 19.1 Å². The van der Waals surface area contributed by atoms with Gasteiger partial charge in [0, 0.05) is 12.6 Å². The van der Waals surface area contributed by atoms with Crippen LogP contribution in [-0.4, -0.2) is 45.0 Å². The zero-order chi connectivity index (χ0) is 17.3. The number of carbonyl (C=O) groups is 2. The fraction of sp³-hybridized carbons (Fsp3) is 0.533. The van der Waals surface area contributed by atoms with Gasteiger partial charge < -0.3 is 20.8 Å². The van der Waals surface area contributed by atoms with Gasteiger partial charge in [0.2, 0.25) is 5.91 Å². The molecular weight excluding hydrogens is 337 g/mol. The highest BCUT2D eigenvalue weighted by Gasteiger charge is 2.32. The Morgan fingerprint density at radius 2 is 2.29 bits per heavy atom. The summed E-state index contributed by atoms with van der Waals surface area (Å²) in [7, 11) is 0. The molecule has 0 unspecified atom stereocenters. The lowest BCUT2D eigenvalue weighted by atomic mass is 9.84. The molecule has 0 saturated heterocycles. The number of nitrogens with one attached hydrogen (secondary N) is 2. The number of carboxylic acids is 1. The van der Waals surface area contributed by atoms with E-state index in [-0.39, 0.29) is 36.4 Å². The first-order valence-electron chi connectivity index (χ1n) is 7.70. The second kappa shape index (κ2) is 7.04. The number of aliphatic hydroxyl groups is 1. The molecule has 1 aliphatic heterocycles. The summed E-state index contributed by atoms with van der Waals surface area (Å²) >= 11 is 1.24. The van der Waals surface area contributed by atoms with Crippen molar-refractivity contribution in [1.82, 2.24) is 10.3 Å². The SMILES string of the molecule is O=C1CSc2cc(F)c(CN[C@@H]3CC[C@@H](C(=O)O)C[C@H]3O)nc2N1. The number of carbonyl (C=O) groups excluding carboxylic acids is 1. The average molecular weight is 355 g/mol. The van der Waals surface area contributed by atoms with Crippen molar-refractivity contribution in [2.45, 2.75) is 42.8 Å². The minimum atomic E-state index is -0.900. The number of aliphatic carboxylic acids is 1. The van der Waals surface area contributed by atoms with Gasteiger partial charge in [0.25, 0.3) is 0 Å². The minimum Gasteiger partial charge on any atom is -0.481 e. The van der Waals surface area contributed by atoms with Gasteiger partial charge in [0.15, 0.2) is 0 Å². The van der Waals surface area contributed by atoms with Crippen molar-refractivity contribution < 1.29 is 24.2 Å². The molecule has 0 radical (unpaired) electrons. The van der Waals surface area contributed by atoms with Gasteiger partial charge in [-0.05, 0) is 25.3 Å². The maximum absolute atomic E-state index is 14.1. The molecule has 4 N–H and O–H groups in total. The molecule has 0 bridgehead atoms. The van der Waals surface area contributed by atoms with Gasteiger partial charge >= 0.3 is 5.97 Å². The lowest BCUT2D eigenvalue weighted by Gasteiger charge is -2.32. The van der Waals surface area contributed by atoms with Crippen molar-refractivity contribution in [2.75, 3.05) is 11.1 Å². The number of aliphatic hydroxyl groups excluding tert-OH is 1. The van der Waals surface area contributed by atoms with Gasteiger partial charge in [0.05, 0.1) is 28.4 Å². The smallest absolute Gasteiger partial charge is 0.306 e. The van der Waals surface area contributed by atoms with Crippen LogP contribution in [0.25, 0.3) is 0 Å². The predicted octanol–water partition coefficient (Wildman–Crippen LogP) is 0.969.